The summed E-state index contributed by atoms with van der Waals surface area (Å²) in [5.74, 6) is 1.53. The molecule has 0 radical (unpaired) electrons. The van der Waals surface area contributed by atoms with E-state index in [1.54, 1.807) is 38.5 Å². The molecule has 2 amide bonds. The minimum atomic E-state index is -0.882. The van der Waals surface area contributed by atoms with E-state index in [2.05, 4.69) is 10.6 Å². The van der Waals surface area contributed by atoms with Crippen molar-refractivity contribution in [3.05, 3.63) is 48.0 Å². The second kappa shape index (κ2) is 10.7. The summed E-state index contributed by atoms with van der Waals surface area (Å²) in [5.41, 5.74) is 0.855. The average molecular weight is 388 g/mol. The van der Waals surface area contributed by atoms with E-state index in [0.717, 1.165) is 5.56 Å². The predicted molar refractivity (Wildman–Crippen MR) is 103 cm³/mol. The Morgan fingerprint density at radius 2 is 1.61 bits per heavy atom. The lowest BCUT2D eigenvalue weighted by molar-refractivity contribution is -0.137. The van der Waals surface area contributed by atoms with Gasteiger partial charge in [-0.25, -0.2) is 4.79 Å². The zero-order chi connectivity index (χ0) is 20.4. The van der Waals surface area contributed by atoms with E-state index in [4.69, 9.17) is 19.3 Å². The van der Waals surface area contributed by atoms with Crippen LogP contribution in [0.2, 0.25) is 0 Å². The van der Waals surface area contributed by atoms with E-state index in [-0.39, 0.29) is 12.5 Å². The fourth-order valence-electron chi connectivity index (χ4n) is 2.38. The van der Waals surface area contributed by atoms with Gasteiger partial charge in [0.25, 0.3) is 0 Å². The van der Waals surface area contributed by atoms with Gasteiger partial charge in [0.15, 0.2) is 0 Å². The highest BCUT2D eigenvalue weighted by Gasteiger charge is 2.06. The van der Waals surface area contributed by atoms with Gasteiger partial charge in [0, 0.05) is 37.7 Å². The molecular formula is C20H24N2O6. The molecule has 0 aliphatic carbocycles. The number of methoxy groups -OCH3 is 2. The van der Waals surface area contributed by atoms with Crippen LogP contribution in [-0.2, 0) is 11.3 Å². The first-order valence-corrected chi connectivity index (χ1v) is 8.73. The van der Waals surface area contributed by atoms with Crippen LogP contribution in [0.3, 0.4) is 0 Å². The van der Waals surface area contributed by atoms with Crippen molar-refractivity contribution in [2.45, 2.75) is 19.4 Å². The summed E-state index contributed by atoms with van der Waals surface area (Å²) in [6, 6.07) is 12.2. The summed E-state index contributed by atoms with van der Waals surface area (Å²) in [4.78, 5) is 22.2. The average Bonchev–Trinajstić information content (AvgIpc) is 2.69. The molecule has 150 valence electrons. The van der Waals surface area contributed by atoms with E-state index >= 15 is 0 Å². The Hall–Kier alpha value is -3.42. The van der Waals surface area contributed by atoms with Gasteiger partial charge in [-0.1, -0.05) is 12.1 Å². The van der Waals surface area contributed by atoms with Crippen molar-refractivity contribution in [3.63, 3.8) is 0 Å². The van der Waals surface area contributed by atoms with Crippen LogP contribution < -0.4 is 24.8 Å². The molecule has 28 heavy (non-hydrogen) atoms. The zero-order valence-corrected chi connectivity index (χ0v) is 15.9. The molecule has 8 nitrogen and oxygen atoms in total. The molecule has 3 N–H and O–H groups in total. The molecule has 0 saturated carbocycles. The molecule has 0 unspecified atom stereocenters. The molecule has 0 heterocycles. The SMILES string of the molecule is COc1cc(OC)cc(Oc2cccc(CNC(=O)NCCCC(=O)O)c2)c1. The minimum Gasteiger partial charge on any atom is -0.496 e. The third-order valence-corrected chi connectivity index (χ3v) is 3.77. The molecule has 0 spiro atoms. The molecule has 0 aromatic heterocycles. The molecule has 0 saturated heterocycles. The largest absolute Gasteiger partial charge is 0.496 e. The summed E-state index contributed by atoms with van der Waals surface area (Å²) in [6.07, 6.45) is 0.408. The number of aliphatic carboxylic acids is 1. The Kier molecular flexibility index (Phi) is 7.95. The molecule has 2 aromatic carbocycles. The summed E-state index contributed by atoms with van der Waals surface area (Å²) in [5, 5.41) is 13.9. The second-order valence-corrected chi connectivity index (χ2v) is 5.90. The van der Waals surface area contributed by atoms with Gasteiger partial charge in [-0.2, -0.15) is 0 Å². The van der Waals surface area contributed by atoms with Crippen LogP contribution in [0.25, 0.3) is 0 Å². The Morgan fingerprint density at radius 3 is 2.25 bits per heavy atom. The van der Waals surface area contributed by atoms with Crippen molar-refractivity contribution in [3.8, 4) is 23.0 Å². The first-order valence-electron chi connectivity index (χ1n) is 8.73. The lowest BCUT2D eigenvalue weighted by Gasteiger charge is -2.11. The number of carbonyl (C=O) groups is 2. The van der Waals surface area contributed by atoms with Crippen molar-refractivity contribution in [1.82, 2.24) is 10.6 Å². The Morgan fingerprint density at radius 1 is 0.929 bits per heavy atom. The van der Waals surface area contributed by atoms with E-state index in [9.17, 15) is 9.59 Å². The highest BCUT2D eigenvalue weighted by atomic mass is 16.5. The molecule has 0 aliphatic rings. The summed E-state index contributed by atoms with van der Waals surface area (Å²) in [6.45, 7) is 0.613. The maximum Gasteiger partial charge on any atom is 0.315 e. The number of nitrogens with one attached hydrogen (secondary N) is 2. The van der Waals surface area contributed by atoms with E-state index in [1.165, 1.54) is 0 Å². The molecule has 2 aromatic rings. The fourth-order valence-corrected chi connectivity index (χ4v) is 2.38. The number of carboxylic acids is 1. The lowest BCUT2D eigenvalue weighted by Crippen LogP contribution is -2.35. The quantitative estimate of drug-likeness (QED) is 0.540. The number of carbonyl (C=O) groups excluding carboxylic acids is 1. The number of rotatable bonds is 10. The minimum absolute atomic E-state index is 0.0225. The van der Waals surface area contributed by atoms with Crippen LogP contribution in [0.5, 0.6) is 23.0 Å². The van der Waals surface area contributed by atoms with Crippen molar-refractivity contribution < 1.29 is 28.9 Å². The third kappa shape index (κ3) is 7.06. The Labute approximate surface area is 163 Å². The van der Waals surface area contributed by atoms with Crippen molar-refractivity contribution in [2.24, 2.45) is 0 Å². The molecule has 0 atom stereocenters. The second-order valence-electron chi connectivity index (χ2n) is 5.90. The molecule has 8 heteroatoms. The van der Waals surface area contributed by atoms with Crippen LogP contribution in [0.15, 0.2) is 42.5 Å². The van der Waals surface area contributed by atoms with Gasteiger partial charge in [-0.3, -0.25) is 4.79 Å². The van der Waals surface area contributed by atoms with Crippen LogP contribution in [-0.4, -0.2) is 37.9 Å². The Bertz CT molecular complexity index is 787. The van der Waals surface area contributed by atoms with E-state index < -0.39 is 5.97 Å². The van der Waals surface area contributed by atoms with E-state index in [1.807, 2.05) is 18.2 Å². The number of hydrogen-bond donors (Lipinski definition) is 3. The van der Waals surface area contributed by atoms with Crippen LogP contribution in [0.4, 0.5) is 4.79 Å². The van der Waals surface area contributed by atoms with Gasteiger partial charge in [0.05, 0.1) is 14.2 Å². The van der Waals surface area contributed by atoms with Gasteiger partial charge >= 0.3 is 12.0 Å². The van der Waals surface area contributed by atoms with Gasteiger partial charge in [0.1, 0.15) is 23.0 Å². The Balaban J connectivity index is 1.90. The first kappa shape index (κ1) is 20.9. The van der Waals surface area contributed by atoms with Crippen LogP contribution >= 0.6 is 0 Å². The third-order valence-electron chi connectivity index (χ3n) is 3.77. The molecular weight excluding hydrogens is 364 g/mol. The molecule has 0 bridgehead atoms. The normalized spacial score (nSPS) is 10.1. The van der Waals surface area contributed by atoms with Gasteiger partial charge < -0.3 is 30.0 Å². The molecule has 2 rings (SSSR count). The summed E-state index contributed by atoms with van der Waals surface area (Å²) >= 11 is 0. The maximum absolute atomic E-state index is 11.7. The van der Waals surface area contributed by atoms with Gasteiger partial charge in [-0.15, -0.1) is 0 Å². The smallest absolute Gasteiger partial charge is 0.315 e. The number of urea groups is 1. The lowest BCUT2D eigenvalue weighted by atomic mass is 10.2. The van der Waals surface area contributed by atoms with Crippen molar-refractivity contribution in [2.75, 3.05) is 20.8 Å². The number of carboxylic acid groups (broad SMARTS) is 1. The first-order chi connectivity index (χ1) is 13.5. The topological polar surface area (TPSA) is 106 Å². The standard InChI is InChI=1S/C20H24N2O6/c1-26-16-10-17(27-2)12-18(11-16)28-15-6-3-5-14(9-15)13-22-20(25)21-8-4-7-19(23)24/h3,5-6,9-12H,4,7-8,13H2,1-2H3,(H,23,24)(H2,21,22,25). The number of ether oxygens (including phenoxy) is 3. The van der Waals surface area contributed by atoms with Crippen molar-refractivity contribution >= 4 is 12.0 Å². The fraction of sp³-hybridized carbons (Fsp3) is 0.300. The maximum atomic E-state index is 11.7. The van der Waals surface area contributed by atoms with Gasteiger partial charge in [-0.05, 0) is 24.1 Å². The zero-order valence-electron chi connectivity index (χ0n) is 15.9. The molecule has 0 fully saturated rings. The number of hydrogen-bond acceptors (Lipinski definition) is 5. The molecule has 0 aliphatic heterocycles. The van der Waals surface area contributed by atoms with Gasteiger partial charge in [0.2, 0.25) is 0 Å². The summed E-state index contributed by atoms with van der Waals surface area (Å²) in [7, 11) is 3.13. The predicted octanol–water partition coefficient (Wildman–Crippen LogP) is 3.16. The highest BCUT2D eigenvalue weighted by Crippen LogP contribution is 2.31. The number of amides is 2. The monoisotopic (exact) mass is 388 g/mol. The van der Waals surface area contributed by atoms with E-state index in [0.29, 0.717) is 42.5 Å². The van der Waals surface area contributed by atoms with Crippen LogP contribution in [0, 0.1) is 0 Å². The highest BCUT2D eigenvalue weighted by molar-refractivity contribution is 5.74. The number of benzene rings is 2. The van der Waals surface area contributed by atoms with Crippen molar-refractivity contribution in [1.29, 1.82) is 0 Å². The summed E-state index contributed by atoms with van der Waals surface area (Å²) < 4.78 is 16.3. The van der Waals surface area contributed by atoms with Crippen LogP contribution in [0.1, 0.15) is 18.4 Å².